The van der Waals surface area contributed by atoms with Crippen molar-refractivity contribution in [3.05, 3.63) is 38.9 Å². The van der Waals surface area contributed by atoms with Gasteiger partial charge in [0.2, 0.25) is 0 Å². The number of nitro benzene ring substituents is 1. The Kier molecular flexibility index (Phi) is 4.28. The van der Waals surface area contributed by atoms with Crippen LogP contribution in [-0.4, -0.2) is 28.3 Å². The number of carbonyl (C=O) groups is 1. The van der Waals surface area contributed by atoms with E-state index in [2.05, 4.69) is 0 Å². The van der Waals surface area contributed by atoms with Crippen molar-refractivity contribution in [2.45, 2.75) is 32.7 Å². The fraction of sp³-hybridized carbons (Fsp3) is 0.500. The van der Waals surface area contributed by atoms with Crippen LogP contribution in [0.3, 0.4) is 0 Å². The van der Waals surface area contributed by atoms with Crippen molar-refractivity contribution < 1.29 is 9.72 Å². The van der Waals surface area contributed by atoms with Gasteiger partial charge in [0.15, 0.2) is 0 Å². The molecule has 108 valence electrons. The summed E-state index contributed by atoms with van der Waals surface area (Å²) >= 11 is 6.01. The normalized spacial score (nSPS) is 14.4. The predicted octanol–water partition coefficient (Wildman–Crippen LogP) is 3.51. The summed E-state index contributed by atoms with van der Waals surface area (Å²) in [6.45, 7) is 4.56. The summed E-state index contributed by atoms with van der Waals surface area (Å²) in [5.41, 5.74) is -0.0251. The van der Waals surface area contributed by atoms with Crippen LogP contribution in [0.4, 0.5) is 5.69 Å². The molecular weight excluding hydrogens is 280 g/mol. The van der Waals surface area contributed by atoms with E-state index in [1.54, 1.807) is 11.0 Å². The largest absolute Gasteiger partial charge is 0.336 e. The molecule has 0 spiro atoms. The van der Waals surface area contributed by atoms with Gasteiger partial charge in [0.1, 0.15) is 5.02 Å². The van der Waals surface area contributed by atoms with Crippen LogP contribution in [0.15, 0.2) is 18.2 Å². The summed E-state index contributed by atoms with van der Waals surface area (Å²) in [6, 6.07) is 4.38. The zero-order valence-electron chi connectivity index (χ0n) is 11.5. The predicted molar refractivity (Wildman–Crippen MR) is 77.0 cm³/mol. The van der Waals surface area contributed by atoms with E-state index in [-0.39, 0.29) is 28.2 Å². The highest BCUT2D eigenvalue weighted by Crippen LogP contribution is 2.33. The van der Waals surface area contributed by atoms with E-state index in [9.17, 15) is 14.9 Å². The first kappa shape index (κ1) is 14.8. The molecule has 1 amide bonds. The van der Waals surface area contributed by atoms with Crippen molar-refractivity contribution in [3.8, 4) is 0 Å². The highest BCUT2D eigenvalue weighted by Gasteiger charge is 2.30. The minimum absolute atomic E-state index is 0.0402. The standard InChI is InChI=1S/C14H17ClN2O3/c1-9(2)16(8-10-6-7-10)14(18)11-4-3-5-12(13(11)15)17(19)20/h3-5,9-10H,6-8H2,1-2H3. The van der Waals surface area contributed by atoms with Gasteiger partial charge in [-0.05, 0) is 38.7 Å². The number of carbonyl (C=O) groups excluding carboxylic acids is 1. The molecule has 0 atom stereocenters. The van der Waals surface area contributed by atoms with Gasteiger partial charge >= 0.3 is 0 Å². The zero-order chi connectivity index (χ0) is 14.9. The Morgan fingerprint density at radius 1 is 1.50 bits per heavy atom. The number of benzene rings is 1. The Hall–Kier alpha value is -1.62. The Labute approximate surface area is 122 Å². The molecule has 0 saturated heterocycles. The van der Waals surface area contributed by atoms with E-state index in [0.717, 1.165) is 12.8 Å². The van der Waals surface area contributed by atoms with Gasteiger partial charge in [-0.1, -0.05) is 17.7 Å². The summed E-state index contributed by atoms with van der Waals surface area (Å²) in [5.74, 6) is 0.319. The molecule has 5 nitrogen and oxygen atoms in total. The van der Waals surface area contributed by atoms with Crippen molar-refractivity contribution >= 4 is 23.2 Å². The number of halogens is 1. The number of nitro groups is 1. The Bertz CT molecular complexity index is 541. The summed E-state index contributed by atoms with van der Waals surface area (Å²) < 4.78 is 0. The van der Waals surface area contributed by atoms with Crippen LogP contribution in [0, 0.1) is 16.0 Å². The van der Waals surface area contributed by atoms with Crippen LogP contribution in [0.25, 0.3) is 0 Å². The van der Waals surface area contributed by atoms with E-state index in [4.69, 9.17) is 11.6 Å². The van der Waals surface area contributed by atoms with Crippen LogP contribution in [-0.2, 0) is 0 Å². The van der Waals surface area contributed by atoms with E-state index >= 15 is 0 Å². The molecule has 0 aromatic heterocycles. The molecule has 0 radical (unpaired) electrons. The molecule has 0 N–H and O–H groups in total. The topological polar surface area (TPSA) is 63.5 Å². The van der Waals surface area contributed by atoms with Gasteiger partial charge in [0, 0.05) is 18.7 Å². The van der Waals surface area contributed by atoms with E-state index in [0.29, 0.717) is 12.5 Å². The van der Waals surface area contributed by atoms with Crippen LogP contribution >= 0.6 is 11.6 Å². The van der Waals surface area contributed by atoms with Crippen LogP contribution in [0.1, 0.15) is 37.0 Å². The minimum atomic E-state index is -0.570. The molecule has 0 unspecified atom stereocenters. The zero-order valence-corrected chi connectivity index (χ0v) is 12.3. The number of nitrogens with zero attached hydrogens (tertiary/aromatic N) is 2. The number of rotatable bonds is 5. The van der Waals surface area contributed by atoms with Crippen LogP contribution in [0.2, 0.25) is 5.02 Å². The first-order valence-corrected chi connectivity index (χ1v) is 7.03. The minimum Gasteiger partial charge on any atom is -0.336 e. The summed E-state index contributed by atoms with van der Waals surface area (Å²) in [4.78, 5) is 24.6. The summed E-state index contributed by atoms with van der Waals surface area (Å²) in [5, 5.41) is 10.8. The highest BCUT2D eigenvalue weighted by molar-refractivity contribution is 6.35. The second-order valence-corrected chi connectivity index (χ2v) is 5.77. The third kappa shape index (κ3) is 3.10. The molecule has 1 aliphatic carbocycles. The third-order valence-electron chi connectivity index (χ3n) is 3.44. The lowest BCUT2D eigenvalue weighted by atomic mass is 10.1. The molecule has 0 bridgehead atoms. The molecule has 1 aliphatic rings. The van der Waals surface area contributed by atoms with Crippen molar-refractivity contribution in [1.82, 2.24) is 4.90 Å². The van der Waals surface area contributed by atoms with Gasteiger partial charge in [-0.25, -0.2) is 0 Å². The van der Waals surface area contributed by atoms with E-state index in [1.807, 2.05) is 13.8 Å². The first-order chi connectivity index (χ1) is 9.41. The maximum Gasteiger partial charge on any atom is 0.288 e. The smallest absolute Gasteiger partial charge is 0.288 e. The lowest BCUT2D eigenvalue weighted by Crippen LogP contribution is -2.38. The molecule has 2 rings (SSSR count). The molecule has 0 aliphatic heterocycles. The summed E-state index contributed by atoms with van der Waals surface area (Å²) in [6.07, 6.45) is 2.28. The average Bonchev–Trinajstić information content (AvgIpc) is 3.18. The first-order valence-electron chi connectivity index (χ1n) is 6.65. The molecule has 6 heteroatoms. The van der Waals surface area contributed by atoms with Gasteiger partial charge in [-0.2, -0.15) is 0 Å². The average molecular weight is 297 g/mol. The Morgan fingerprint density at radius 2 is 2.15 bits per heavy atom. The van der Waals surface area contributed by atoms with Crippen molar-refractivity contribution in [3.63, 3.8) is 0 Å². The van der Waals surface area contributed by atoms with Crippen molar-refractivity contribution in [2.75, 3.05) is 6.54 Å². The van der Waals surface area contributed by atoms with Gasteiger partial charge < -0.3 is 4.90 Å². The van der Waals surface area contributed by atoms with Gasteiger partial charge in [0.25, 0.3) is 11.6 Å². The Balaban J connectivity index is 2.30. The quantitative estimate of drug-likeness (QED) is 0.617. The molecule has 20 heavy (non-hydrogen) atoms. The number of amides is 1. The molecule has 1 aromatic carbocycles. The van der Waals surface area contributed by atoms with E-state index < -0.39 is 4.92 Å². The lowest BCUT2D eigenvalue weighted by molar-refractivity contribution is -0.384. The number of hydrogen-bond acceptors (Lipinski definition) is 3. The maximum absolute atomic E-state index is 12.6. The van der Waals surface area contributed by atoms with E-state index in [1.165, 1.54) is 12.1 Å². The summed E-state index contributed by atoms with van der Waals surface area (Å²) in [7, 11) is 0. The SMILES string of the molecule is CC(C)N(CC1CC1)C(=O)c1cccc([N+](=O)[O-])c1Cl. The lowest BCUT2D eigenvalue weighted by Gasteiger charge is -2.27. The van der Waals surface area contributed by atoms with Gasteiger partial charge in [0.05, 0.1) is 10.5 Å². The molecule has 1 saturated carbocycles. The third-order valence-corrected chi connectivity index (χ3v) is 3.84. The maximum atomic E-state index is 12.6. The highest BCUT2D eigenvalue weighted by atomic mass is 35.5. The fourth-order valence-electron chi connectivity index (χ4n) is 2.09. The van der Waals surface area contributed by atoms with Gasteiger partial charge in [-0.3, -0.25) is 14.9 Å². The van der Waals surface area contributed by atoms with Crippen LogP contribution in [0.5, 0.6) is 0 Å². The van der Waals surface area contributed by atoms with Gasteiger partial charge in [-0.15, -0.1) is 0 Å². The fourth-order valence-corrected chi connectivity index (χ4v) is 2.36. The molecular formula is C14H17ClN2O3. The molecule has 1 fully saturated rings. The molecule has 1 aromatic rings. The molecule has 0 heterocycles. The van der Waals surface area contributed by atoms with Crippen LogP contribution < -0.4 is 0 Å². The van der Waals surface area contributed by atoms with Crippen molar-refractivity contribution in [1.29, 1.82) is 0 Å². The number of hydrogen-bond donors (Lipinski definition) is 0. The second-order valence-electron chi connectivity index (χ2n) is 5.39. The van der Waals surface area contributed by atoms with Crippen molar-refractivity contribution in [2.24, 2.45) is 5.92 Å². The second kappa shape index (κ2) is 5.79. The monoisotopic (exact) mass is 296 g/mol. The Morgan fingerprint density at radius 3 is 2.65 bits per heavy atom.